The number of rotatable bonds is 4. The highest BCUT2D eigenvalue weighted by Crippen LogP contribution is 2.21. The zero-order valence-electron chi connectivity index (χ0n) is 22.9. The molecule has 0 aliphatic heterocycles. The number of carbonyl (C=O) groups is 4. The lowest BCUT2D eigenvalue weighted by Gasteiger charge is -2.34. The Hall–Kier alpha value is -3.19. The fraction of sp³-hybridized carbons (Fsp3) is 0.583. The standard InChI is InChI=1S/C24H36N2O10S/c1-22(2,3)34-19(28)25(18(27)17-13-11-16(12-14-17)15-33-37(10,31)32)26(20(29)35-23(4,5)6)21(30)36-24(7,8)9/h11-14H,15H2,1-10H3. The predicted octanol–water partition coefficient (Wildman–Crippen LogP) is 4.63. The molecule has 0 bridgehead atoms. The highest BCUT2D eigenvalue weighted by Gasteiger charge is 2.44. The zero-order valence-corrected chi connectivity index (χ0v) is 23.7. The second-order valence-corrected chi connectivity index (χ2v) is 12.7. The molecule has 0 unspecified atom stereocenters. The van der Waals surface area contributed by atoms with E-state index in [4.69, 9.17) is 18.4 Å². The van der Waals surface area contributed by atoms with Crippen LogP contribution >= 0.6 is 0 Å². The van der Waals surface area contributed by atoms with Gasteiger partial charge in [-0.1, -0.05) is 12.1 Å². The number of hydrogen-bond acceptors (Lipinski definition) is 10. The molecule has 13 heteroatoms. The Morgan fingerprint density at radius 1 is 0.676 bits per heavy atom. The smallest absolute Gasteiger partial charge is 0.440 e. The largest absolute Gasteiger partial charge is 0.442 e. The van der Waals surface area contributed by atoms with Crippen molar-refractivity contribution in [3.63, 3.8) is 0 Å². The molecular weight excluding hydrogens is 508 g/mol. The molecule has 12 nitrogen and oxygen atoms in total. The van der Waals surface area contributed by atoms with Crippen molar-refractivity contribution in [3.8, 4) is 0 Å². The topological polar surface area (TPSA) is 146 Å². The quantitative estimate of drug-likeness (QED) is 0.299. The number of hydrazine groups is 1. The van der Waals surface area contributed by atoms with Gasteiger partial charge in [-0.3, -0.25) is 8.98 Å². The van der Waals surface area contributed by atoms with Crippen LogP contribution in [0.25, 0.3) is 0 Å². The van der Waals surface area contributed by atoms with Crippen molar-refractivity contribution in [2.24, 2.45) is 0 Å². The molecule has 1 rings (SSSR count). The summed E-state index contributed by atoms with van der Waals surface area (Å²) in [5.74, 6) is -1.11. The third-order valence-electron chi connectivity index (χ3n) is 3.73. The van der Waals surface area contributed by atoms with Gasteiger partial charge in [0.05, 0.1) is 12.9 Å². The van der Waals surface area contributed by atoms with E-state index in [0.29, 0.717) is 5.56 Å². The fourth-order valence-corrected chi connectivity index (χ4v) is 2.80. The maximum Gasteiger partial charge on any atom is 0.440 e. The summed E-state index contributed by atoms with van der Waals surface area (Å²) in [4.78, 5) is 52.9. The minimum absolute atomic E-state index is 0.133. The van der Waals surface area contributed by atoms with Gasteiger partial charge in [0.25, 0.3) is 16.0 Å². The Bertz CT molecular complexity index is 1080. The SMILES string of the molecule is CC(C)(C)OC(=O)N(C(=O)OC(C)(C)C)N(C(=O)OC(C)(C)C)C(=O)c1ccc(COS(C)(=O)=O)cc1. The van der Waals surface area contributed by atoms with Gasteiger partial charge in [-0.2, -0.15) is 8.42 Å². The van der Waals surface area contributed by atoms with Crippen LogP contribution in [0, 0.1) is 0 Å². The molecule has 0 aromatic heterocycles. The molecule has 0 saturated carbocycles. The first-order valence-electron chi connectivity index (χ1n) is 11.3. The number of hydrogen-bond donors (Lipinski definition) is 0. The number of benzene rings is 1. The van der Waals surface area contributed by atoms with E-state index >= 15 is 0 Å². The first kappa shape index (κ1) is 31.8. The molecule has 1 aromatic rings. The van der Waals surface area contributed by atoms with Crippen molar-refractivity contribution in [2.75, 3.05) is 6.26 Å². The van der Waals surface area contributed by atoms with Crippen LogP contribution in [0.3, 0.4) is 0 Å². The number of nitrogens with zero attached hydrogens (tertiary/aromatic N) is 2. The monoisotopic (exact) mass is 544 g/mol. The molecule has 1 aromatic carbocycles. The molecule has 37 heavy (non-hydrogen) atoms. The van der Waals surface area contributed by atoms with Gasteiger partial charge in [0.2, 0.25) is 0 Å². The predicted molar refractivity (Wildman–Crippen MR) is 133 cm³/mol. The van der Waals surface area contributed by atoms with Crippen LogP contribution in [0.2, 0.25) is 0 Å². The Balaban J connectivity index is 3.57. The van der Waals surface area contributed by atoms with E-state index in [0.717, 1.165) is 6.26 Å². The van der Waals surface area contributed by atoms with E-state index in [-0.39, 0.29) is 22.2 Å². The normalized spacial score (nSPS) is 12.4. The van der Waals surface area contributed by atoms with Crippen molar-refractivity contribution < 1.29 is 46.0 Å². The lowest BCUT2D eigenvalue weighted by atomic mass is 10.1. The number of ether oxygens (including phenoxy) is 3. The Kier molecular flexibility index (Phi) is 9.87. The number of carbonyl (C=O) groups excluding carboxylic acids is 4. The van der Waals surface area contributed by atoms with Gasteiger partial charge >= 0.3 is 18.3 Å². The second-order valence-electron chi connectivity index (χ2n) is 11.0. The number of amides is 4. The lowest BCUT2D eigenvalue weighted by molar-refractivity contribution is -0.0592. The summed E-state index contributed by atoms with van der Waals surface area (Å²) in [6.07, 6.45) is -3.14. The van der Waals surface area contributed by atoms with Crippen LogP contribution in [0.1, 0.15) is 78.2 Å². The van der Waals surface area contributed by atoms with Gasteiger partial charge in [0, 0.05) is 5.56 Å². The summed E-state index contributed by atoms with van der Waals surface area (Å²) in [5, 5.41) is 0.350. The van der Waals surface area contributed by atoms with Gasteiger partial charge < -0.3 is 14.2 Å². The molecule has 0 heterocycles. The minimum Gasteiger partial charge on any atom is -0.442 e. The van der Waals surface area contributed by atoms with Crippen LogP contribution < -0.4 is 0 Å². The molecular formula is C24H36N2O10S. The Morgan fingerprint density at radius 2 is 1.03 bits per heavy atom. The zero-order chi connectivity index (χ0) is 29.0. The first-order chi connectivity index (χ1) is 16.5. The molecule has 208 valence electrons. The molecule has 0 aliphatic carbocycles. The average Bonchev–Trinajstić information content (AvgIpc) is 2.65. The maximum absolute atomic E-state index is 13.5. The van der Waals surface area contributed by atoms with Crippen LogP contribution in [-0.4, -0.2) is 65.7 Å². The van der Waals surface area contributed by atoms with Crippen molar-refractivity contribution in [3.05, 3.63) is 35.4 Å². The minimum atomic E-state index is -3.70. The summed E-state index contributed by atoms with van der Waals surface area (Å²) >= 11 is 0. The van der Waals surface area contributed by atoms with Crippen LogP contribution in [-0.2, 0) is 35.1 Å². The average molecular weight is 545 g/mol. The second kappa shape index (κ2) is 11.5. The molecule has 0 aliphatic rings. The summed E-state index contributed by atoms with van der Waals surface area (Å²) in [5.41, 5.74) is -3.02. The van der Waals surface area contributed by atoms with E-state index < -0.39 is 51.1 Å². The Morgan fingerprint density at radius 3 is 1.35 bits per heavy atom. The molecule has 0 fully saturated rings. The van der Waals surface area contributed by atoms with Crippen molar-refractivity contribution in [1.82, 2.24) is 10.0 Å². The van der Waals surface area contributed by atoms with Crippen LogP contribution in [0.15, 0.2) is 24.3 Å². The van der Waals surface area contributed by atoms with Crippen molar-refractivity contribution >= 4 is 34.3 Å². The molecule has 4 amide bonds. The van der Waals surface area contributed by atoms with Crippen molar-refractivity contribution in [1.29, 1.82) is 0 Å². The molecule has 0 radical (unpaired) electrons. The third-order valence-corrected chi connectivity index (χ3v) is 4.28. The molecule has 0 N–H and O–H groups in total. The first-order valence-corrected chi connectivity index (χ1v) is 13.1. The van der Waals surface area contributed by atoms with Gasteiger partial charge in [-0.15, -0.1) is 10.0 Å². The summed E-state index contributed by atoms with van der Waals surface area (Å²) in [6, 6.07) is 5.31. The fourth-order valence-electron chi connectivity index (χ4n) is 2.45. The van der Waals surface area contributed by atoms with E-state index in [1.807, 2.05) is 0 Å². The van der Waals surface area contributed by atoms with Gasteiger partial charge in [-0.05, 0) is 80.0 Å². The summed E-state index contributed by atoms with van der Waals surface area (Å²) < 4.78 is 43.0. The van der Waals surface area contributed by atoms with Crippen LogP contribution in [0.4, 0.5) is 14.4 Å². The Labute approximate surface area is 217 Å². The molecule has 0 saturated heterocycles. The molecule has 0 spiro atoms. The number of imide groups is 2. The van der Waals surface area contributed by atoms with E-state index in [9.17, 15) is 27.6 Å². The summed E-state index contributed by atoms with van der Waals surface area (Å²) in [6.45, 7) is 13.5. The molecule has 0 atom stereocenters. The van der Waals surface area contributed by atoms with E-state index in [2.05, 4.69) is 0 Å². The van der Waals surface area contributed by atoms with Gasteiger partial charge in [0.15, 0.2) is 0 Å². The highest BCUT2D eigenvalue weighted by atomic mass is 32.2. The maximum atomic E-state index is 13.5. The lowest BCUT2D eigenvalue weighted by Crippen LogP contribution is -2.58. The third kappa shape index (κ3) is 11.6. The van der Waals surface area contributed by atoms with E-state index in [1.165, 1.54) is 86.6 Å². The highest BCUT2D eigenvalue weighted by molar-refractivity contribution is 7.85. The van der Waals surface area contributed by atoms with Crippen molar-refractivity contribution in [2.45, 2.75) is 85.7 Å². The summed E-state index contributed by atoms with van der Waals surface area (Å²) in [7, 11) is -3.70. The van der Waals surface area contributed by atoms with Crippen LogP contribution in [0.5, 0.6) is 0 Å². The van der Waals surface area contributed by atoms with Gasteiger partial charge in [-0.25, -0.2) is 14.4 Å². The van der Waals surface area contributed by atoms with Gasteiger partial charge in [0.1, 0.15) is 16.8 Å². The van der Waals surface area contributed by atoms with E-state index in [1.54, 1.807) is 0 Å².